The quantitative estimate of drug-likeness (QED) is 0.0819. The van der Waals surface area contributed by atoms with E-state index in [9.17, 15) is 19.5 Å². The average Bonchev–Trinajstić information content (AvgIpc) is 3.79. The van der Waals surface area contributed by atoms with Crippen LogP contribution in [0, 0.1) is 0 Å². The van der Waals surface area contributed by atoms with E-state index in [4.69, 9.17) is 59.6 Å². The van der Waals surface area contributed by atoms with Crippen molar-refractivity contribution in [3.63, 3.8) is 0 Å². The summed E-state index contributed by atoms with van der Waals surface area (Å²) in [7, 11) is 0. The molecule has 3 aliphatic heterocycles. The van der Waals surface area contributed by atoms with Crippen LogP contribution in [0.1, 0.15) is 43.5 Å². The van der Waals surface area contributed by atoms with E-state index in [1.165, 1.54) is 4.90 Å². The van der Waals surface area contributed by atoms with E-state index < -0.39 is 17.5 Å². The molecule has 0 saturated carbocycles. The largest absolute Gasteiger partial charge is 0.481 e. The van der Waals surface area contributed by atoms with Crippen molar-refractivity contribution >= 4 is 46.3 Å². The smallest absolute Gasteiger partial charge is 0.407 e. The minimum atomic E-state index is -0.966. The lowest BCUT2D eigenvalue weighted by Gasteiger charge is -2.37. The molecular weight excluding hydrogens is 906 g/mol. The summed E-state index contributed by atoms with van der Waals surface area (Å²) in [5.74, 6) is -0.0472. The number of likely N-dealkylation sites (tertiary alicyclic amines) is 1. The van der Waals surface area contributed by atoms with E-state index in [2.05, 4.69) is 19.4 Å². The third-order valence-corrected chi connectivity index (χ3v) is 12.7. The van der Waals surface area contributed by atoms with E-state index in [-0.39, 0.29) is 18.9 Å². The second-order valence-electron chi connectivity index (χ2n) is 16.9. The molecule has 5 heterocycles. The molecule has 2 aromatic heterocycles. The highest BCUT2D eigenvalue weighted by atomic mass is 35.5. The summed E-state index contributed by atoms with van der Waals surface area (Å²) < 4.78 is 47.1. The van der Waals surface area contributed by atoms with Crippen molar-refractivity contribution < 1.29 is 62.5 Å². The topological polar surface area (TPSA) is 209 Å². The summed E-state index contributed by atoms with van der Waals surface area (Å²) in [6.45, 7) is 14.7. The summed E-state index contributed by atoms with van der Waals surface area (Å²) in [5.41, 5.74) is 2.55. The predicted octanol–water partition coefficient (Wildman–Crippen LogP) is 3.65. The molecule has 6 rings (SSSR count). The number of rotatable bonds is 34. The van der Waals surface area contributed by atoms with Crippen LogP contribution in [-0.4, -0.2) is 215 Å². The van der Waals surface area contributed by atoms with Crippen molar-refractivity contribution in [3.05, 3.63) is 53.1 Å². The van der Waals surface area contributed by atoms with Crippen molar-refractivity contribution in [1.29, 1.82) is 0 Å². The number of ether oxygens (including phenoxy) is 8. The van der Waals surface area contributed by atoms with Gasteiger partial charge in [0.2, 0.25) is 5.91 Å². The Morgan fingerprint density at radius 3 is 1.72 bits per heavy atom. The fraction of sp³-hybridized carbons (Fsp3) is 0.681. The van der Waals surface area contributed by atoms with Gasteiger partial charge in [0.05, 0.1) is 140 Å². The molecule has 3 aliphatic rings. The van der Waals surface area contributed by atoms with Gasteiger partial charge in [0.15, 0.2) is 0 Å². The number of hydrogen-bond acceptors (Lipinski definition) is 15. The number of pyridine rings is 1. The Bertz CT molecular complexity index is 1980. The van der Waals surface area contributed by atoms with Crippen LogP contribution in [-0.2, 0) is 66.0 Å². The summed E-state index contributed by atoms with van der Waals surface area (Å²) >= 11 is 6.35. The number of amides is 2. The first-order valence-electron chi connectivity index (χ1n) is 23.9. The minimum Gasteiger partial charge on any atom is -0.481 e. The standard InChI is InChI=1S/C47H70ClN7O13/c48-38-3-4-41-40(35-38)50-43(37-55-42-36-49-9-5-39(42)47(45(55)58)7-12-53(13-8-47)46(59)60)54(41)10-1-2-19-61-21-23-63-25-27-65-29-31-67-33-34-68-32-30-66-28-26-64-24-22-62-20-18-52-16-14-51(15-17-52)11-6-44(56)57/h3-5,9,35-36H,1-2,6-8,10-34,37H2,(H,56,57)(H,59,60). The first kappa shape index (κ1) is 53.3. The molecule has 68 heavy (non-hydrogen) atoms. The molecule has 0 unspecified atom stereocenters. The summed E-state index contributed by atoms with van der Waals surface area (Å²) in [6.07, 6.45) is 5.14. The Morgan fingerprint density at radius 2 is 1.18 bits per heavy atom. The third kappa shape index (κ3) is 16.5. The van der Waals surface area contributed by atoms with Crippen LogP contribution in [0.2, 0.25) is 5.02 Å². The molecule has 21 heteroatoms. The van der Waals surface area contributed by atoms with Gasteiger partial charge in [0, 0.05) is 76.7 Å². The fourth-order valence-electron chi connectivity index (χ4n) is 8.67. The number of carbonyl (C=O) groups is 3. The number of imidazole rings is 1. The number of nitrogens with zero attached hydrogens (tertiary/aromatic N) is 7. The van der Waals surface area contributed by atoms with Gasteiger partial charge in [0.1, 0.15) is 5.82 Å². The molecule has 0 aliphatic carbocycles. The number of fused-ring (bicyclic) bond motifs is 3. The van der Waals surface area contributed by atoms with Crippen molar-refractivity contribution in [1.82, 2.24) is 29.2 Å². The molecule has 2 fully saturated rings. The number of piperazine rings is 1. The number of aliphatic carboxylic acids is 1. The van der Waals surface area contributed by atoms with Crippen LogP contribution in [0.4, 0.5) is 10.5 Å². The van der Waals surface area contributed by atoms with E-state index in [0.717, 1.165) is 73.7 Å². The minimum absolute atomic E-state index is 0.0415. The number of anilines is 1. The van der Waals surface area contributed by atoms with Crippen molar-refractivity contribution in [2.75, 3.05) is 163 Å². The molecule has 1 spiro atoms. The van der Waals surface area contributed by atoms with Gasteiger partial charge in [-0.05, 0) is 55.5 Å². The highest BCUT2D eigenvalue weighted by molar-refractivity contribution is 6.31. The van der Waals surface area contributed by atoms with Gasteiger partial charge in [-0.3, -0.25) is 19.5 Å². The van der Waals surface area contributed by atoms with Crippen molar-refractivity contribution in [3.8, 4) is 0 Å². The molecule has 378 valence electrons. The van der Waals surface area contributed by atoms with Crippen molar-refractivity contribution in [2.24, 2.45) is 0 Å². The van der Waals surface area contributed by atoms with Gasteiger partial charge >= 0.3 is 12.1 Å². The second kappa shape index (κ2) is 29.2. The Kier molecular flexibility index (Phi) is 22.9. The number of benzene rings is 1. The number of aromatic nitrogens is 3. The Balaban J connectivity index is 0.715. The number of aryl methyl sites for hydroxylation is 1. The SMILES string of the molecule is O=C(O)CCN1CCN(CCOCCOCCOCCOCCOCCOCCOCCOCCCCn2c(CN3C(=O)C4(CCN(C(=O)O)CC4)c4ccncc43)nc3cc(Cl)ccc32)CC1. The van der Waals surface area contributed by atoms with Crippen LogP contribution in [0.5, 0.6) is 0 Å². The fourth-order valence-corrected chi connectivity index (χ4v) is 8.84. The van der Waals surface area contributed by atoms with Crippen LogP contribution in [0.3, 0.4) is 0 Å². The zero-order chi connectivity index (χ0) is 47.8. The molecule has 0 radical (unpaired) electrons. The van der Waals surface area contributed by atoms with E-state index in [1.807, 2.05) is 24.3 Å². The first-order valence-corrected chi connectivity index (χ1v) is 24.3. The maximum Gasteiger partial charge on any atom is 0.407 e. The van der Waals surface area contributed by atoms with E-state index in [1.54, 1.807) is 17.3 Å². The monoisotopic (exact) mass is 975 g/mol. The number of hydrogen-bond donors (Lipinski definition) is 2. The number of halogens is 1. The third-order valence-electron chi connectivity index (χ3n) is 12.4. The normalized spacial score (nSPS) is 16.4. The Hall–Kier alpha value is -4.06. The predicted molar refractivity (Wildman–Crippen MR) is 252 cm³/mol. The second-order valence-corrected chi connectivity index (χ2v) is 17.3. The van der Waals surface area contributed by atoms with Gasteiger partial charge in [-0.25, -0.2) is 9.78 Å². The number of carboxylic acid groups (broad SMARTS) is 2. The summed E-state index contributed by atoms with van der Waals surface area (Å²) in [4.78, 5) is 53.6. The maximum atomic E-state index is 14.2. The Morgan fingerprint density at radius 1 is 0.647 bits per heavy atom. The van der Waals surface area contributed by atoms with Gasteiger partial charge in [-0.1, -0.05) is 11.6 Å². The molecule has 0 bridgehead atoms. The average molecular weight is 977 g/mol. The molecule has 3 aromatic rings. The van der Waals surface area contributed by atoms with Gasteiger partial charge in [0.25, 0.3) is 0 Å². The van der Waals surface area contributed by atoms with Crippen LogP contribution in [0.15, 0.2) is 36.7 Å². The number of unbranched alkanes of at least 4 members (excludes halogenated alkanes) is 1. The lowest BCUT2D eigenvalue weighted by atomic mass is 9.74. The zero-order valence-corrected chi connectivity index (χ0v) is 40.0. The van der Waals surface area contributed by atoms with Gasteiger partial charge in [-0.2, -0.15) is 0 Å². The molecular formula is C47H70ClN7O13. The van der Waals surface area contributed by atoms with Crippen LogP contribution >= 0.6 is 11.6 Å². The molecule has 2 saturated heterocycles. The molecule has 1 aromatic carbocycles. The van der Waals surface area contributed by atoms with E-state index in [0.29, 0.717) is 150 Å². The number of carbonyl (C=O) groups excluding carboxylic acids is 1. The van der Waals surface area contributed by atoms with E-state index >= 15 is 0 Å². The summed E-state index contributed by atoms with van der Waals surface area (Å²) in [5, 5.41) is 19.0. The first-order chi connectivity index (χ1) is 33.2. The lowest BCUT2D eigenvalue weighted by molar-refractivity contribution is -0.137. The zero-order valence-electron chi connectivity index (χ0n) is 39.3. The van der Waals surface area contributed by atoms with Crippen LogP contribution < -0.4 is 4.90 Å². The maximum absolute atomic E-state index is 14.2. The van der Waals surface area contributed by atoms with Gasteiger partial charge < -0.3 is 67.4 Å². The molecule has 0 atom stereocenters. The molecule has 2 amide bonds. The highest BCUT2D eigenvalue weighted by Crippen LogP contribution is 2.48. The van der Waals surface area contributed by atoms with Gasteiger partial charge in [-0.15, -0.1) is 0 Å². The van der Waals surface area contributed by atoms with Crippen molar-refractivity contribution in [2.45, 2.75) is 50.6 Å². The lowest BCUT2D eigenvalue weighted by Crippen LogP contribution is -2.49. The Labute approximate surface area is 403 Å². The van der Waals surface area contributed by atoms with Crippen LogP contribution in [0.25, 0.3) is 11.0 Å². The molecule has 20 nitrogen and oxygen atoms in total. The molecule has 2 N–H and O–H groups in total. The highest BCUT2D eigenvalue weighted by Gasteiger charge is 2.52. The number of piperidine rings is 1. The number of carboxylic acids is 1. The summed E-state index contributed by atoms with van der Waals surface area (Å²) in [6, 6.07) is 7.53.